The summed E-state index contributed by atoms with van der Waals surface area (Å²) in [5.41, 5.74) is -2.07. The second kappa shape index (κ2) is 6.90. The number of aromatic nitrogens is 2. The Bertz CT molecular complexity index is 1190. The van der Waals surface area contributed by atoms with Crippen LogP contribution in [0.25, 0.3) is 16.9 Å². The summed E-state index contributed by atoms with van der Waals surface area (Å²) in [4.78, 5) is -1.20. The highest BCUT2D eigenvalue weighted by atomic mass is 32.2. The van der Waals surface area contributed by atoms with Crippen molar-refractivity contribution in [2.45, 2.75) is 18.0 Å². The molecule has 4 nitrogen and oxygen atoms in total. The van der Waals surface area contributed by atoms with E-state index in [2.05, 4.69) is 5.10 Å². The van der Waals surface area contributed by atoms with E-state index < -0.39 is 55.3 Å². The first-order chi connectivity index (χ1) is 13.3. The molecule has 0 aliphatic rings. The summed E-state index contributed by atoms with van der Waals surface area (Å²) in [5.74, 6) is -3.67. The minimum Gasteiger partial charge on any atom is -0.232 e. The van der Waals surface area contributed by atoms with Crippen molar-refractivity contribution in [3.05, 3.63) is 65.1 Å². The van der Waals surface area contributed by atoms with E-state index in [1.807, 2.05) is 0 Å². The predicted octanol–water partition coefficient (Wildman–Crippen LogP) is 4.69. The summed E-state index contributed by atoms with van der Waals surface area (Å²) in [6.07, 6.45) is -4.29. The normalized spacial score (nSPS) is 12.4. The van der Waals surface area contributed by atoms with Crippen LogP contribution in [0.5, 0.6) is 0 Å². The number of hydrogen-bond acceptors (Lipinski definition) is 3. The van der Waals surface area contributed by atoms with Crippen molar-refractivity contribution >= 4 is 9.84 Å². The Balaban J connectivity index is 2.29. The lowest BCUT2D eigenvalue weighted by Crippen LogP contribution is -2.08. The molecule has 0 N–H and O–H groups in total. The number of halogens is 6. The zero-order chi connectivity index (χ0) is 21.7. The molecule has 0 saturated heterocycles. The Hall–Kier alpha value is -2.82. The van der Waals surface area contributed by atoms with Crippen LogP contribution in [0, 0.1) is 24.4 Å². The van der Waals surface area contributed by atoms with Gasteiger partial charge in [0.05, 0.1) is 11.4 Å². The maximum atomic E-state index is 14.3. The van der Waals surface area contributed by atoms with E-state index in [0.717, 1.165) is 6.07 Å². The third-order valence-electron chi connectivity index (χ3n) is 4.06. The Labute approximate surface area is 161 Å². The molecule has 29 heavy (non-hydrogen) atoms. The van der Waals surface area contributed by atoms with Gasteiger partial charge in [-0.05, 0) is 42.8 Å². The van der Waals surface area contributed by atoms with Crippen LogP contribution >= 0.6 is 0 Å². The lowest BCUT2D eigenvalue weighted by Gasteiger charge is -2.10. The average molecular weight is 434 g/mol. The van der Waals surface area contributed by atoms with Crippen LogP contribution in [-0.4, -0.2) is 24.5 Å². The van der Waals surface area contributed by atoms with Gasteiger partial charge in [-0.1, -0.05) is 6.07 Å². The van der Waals surface area contributed by atoms with Crippen LogP contribution in [0.15, 0.2) is 41.3 Å². The molecule has 0 aliphatic carbocycles. The summed E-state index contributed by atoms with van der Waals surface area (Å²) < 4.78 is 106. The molecule has 1 heterocycles. The number of benzene rings is 2. The summed E-state index contributed by atoms with van der Waals surface area (Å²) in [7, 11) is -4.26. The molecule has 0 saturated carbocycles. The van der Waals surface area contributed by atoms with Crippen LogP contribution in [0.4, 0.5) is 26.3 Å². The van der Waals surface area contributed by atoms with Crippen LogP contribution in [0.3, 0.4) is 0 Å². The standard InChI is InChI=1S/C18H12F6N2O2S/c1-9-3-4-11(7-12(9)19)26-15(8-16(25-26)18(22,23)24)10-5-13(20)17(14(21)6-10)29(2,27)28/h3-8H,1-2H3. The molecular weight excluding hydrogens is 422 g/mol. The summed E-state index contributed by atoms with van der Waals surface area (Å²) in [5, 5.41) is 3.39. The second-order valence-electron chi connectivity index (χ2n) is 6.30. The fourth-order valence-electron chi connectivity index (χ4n) is 2.70. The van der Waals surface area contributed by atoms with Crippen molar-refractivity contribution in [3.8, 4) is 16.9 Å². The van der Waals surface area contributed by atoms with E-state index in [4.69, 9.17) is 0 Å². The molecule has 11 heteroatoms. The fraction of sp³-hybridized carbons (Fsp3) is 0.167. The topological polar surface area (TPSA) is 52.0 Å². The highest BCUT2D eigenvalue weighted by Crippen LogP contribution is 2.35. The Kier molecular flexibility index (Phi) is 4.98. The Morgan fingerprint density at radius 2 is 1.52 bits per heavy atom. The lowest BCUT2D eigenvalue weighted by atomic mass is 10.1. The molecule has 0 bridgehead atoms. The first kappa shape index (κ1) is 20.9. The van der Waals surface area contributed by atoms with Crippen LogP contribution < -0.4 is 0 Å². The quantitative estimate of drug-likeness (QED) is 0.563. The molecule has 2 aromatic carbocycles. The van der Waals surface area contributed by atoms with Gasteiger partial charge in [0.15, 0.2) is 15.5 Å². The molecule has 154 valence electrons. The van der Waals surface area contributed by atoms with Crippen molar-refractivity contribution in [1.29, 1.82) is 0 Å². The van der Waals surface area contributed by atoms with Gasteiger partial charge in [-0.2, -0.15) is 18.3 Å². The van der Waals surface area contributed by atoms with Gasteiger partial charge in [0, 0.05) is 11.8 Å². The van der Waals surface area contributed by atoms with Gasteiger partial charge < -0.3 is 0 Å². The van der Waals surface area contributed by atoms with Gasteiger partial charge in [0.2, 0.25) is 0 Å². The van der Waals surface area contributed by atoms with Gasteiger partial charge in [-0.25, -0.2) is 26.3 Å². The number of aryl methyl sites for hydroxylation is 1. The van der Waals surface area contributed by atoms with Crippen molar-refractivity contribution in [1.82, 2.24) is 9.78 Å². The van der Waals surface area contributed by atoms with E-state index >= 15 is 0 Å². The second-order valence-corrected chi connectivity index (χ2v) is 8.25. The fourth-order valence-corrected chi connectivity index (χ4v) is 3.52. The van der Waals surface area contributed by atoms with E-state index in [1.54, 1.807) is 0 Å². The smallest absolute Gasteiger partial charge is 0.232 e. The van der Waals surface area contributed by atoms with Gasteiger partial charge in [-0.15, -0.1) is 0 Å². The lowest BCUT2D eigenvalue weighted by molar-refractivity contribution is -0.141. The highest BCUT2D eigenvalue weighted by Gasteiger charge is 2.35. The summed E-state index contributed by atoms with van der Waals surface area (Å²) >= 11 is 0. The third kappa shape index (κ3) is 4.00. The predicted molar refractivity (Wildman–Crippen MR) is 91.7 cm³/mol. The molecule has 3 rings (SSSR count). The van der Waals surface area contributed by atoms with Gasteiger partial charge in [0.25, 0.3) is 0 Å². The molecule has 0 fully saturated rings. The van der Waals surface area contributed by atoms with Gasteiger partial charge >= 0.3 is 6.18 Å². The van der Waals surface area contributed by atoms with E-state index in [1.165, 1.54) is 19.1 Å². The van der Waals surface area contributed by atoms with Crippen LogP contribution in [0.1, 0.15) is 11.3 Å². The Morgan fingerprint density at radius 1 is 0.931 bits per heavy atom. The molecule has 0 spiro atoms. The minimum atomic E-state index is -4.88. The zero-order valence-electron chi connectivity index (χ0n) is 14.9. The van der Waals surface area contributed by atoms with Crippen LogP contribution in [-0.2, 0) is 16.0 Å². The molecule has 0 radical (unpaired) electrons. The SMILES string of the molecule is Cc1ccc(-n2nc(C(F)(F)F)cc2-c2cc(F)c(S(C)(=O)=O)c(F)c2)cc1F. The van der Waals surface area contributed by atoms with E-state index in [0.29, 0.717) is 29.1 Å². The molecule has 0 amide bonds. The summed E-state index contributed by atoms with van der Waals surface area (Å²) in [6.45, 7) is 1.44. The molecule has 3 aromatic rings. The first-order valence-electron chi connectivity index (χ1n) is 7.92. The number of hydrogen-bond donors (Lipinski definition) is 0. The number of rotatable bonds is 3. The van der Waals surface area contributed by atoms with Crippen molar-refractivity contribution in [2.24, 2.45) is 0 Å². The highest BCUT2D eigenvalue weighted by molar-refractivity contribution is 7.90. The zero-order valence-corrected chi connectivity index (χ0v) is 15.7. The first-order valence-corrected chi connectivity index (χ1v) is 9.81. The maximum Gasteiger partial charge on any atom is 0.435 e. The monoisotopic (exact) mass is 434 g/mol. The molecule has 0 atom stereocenters. The number of nitrogens with zero attached hydrogens (tertiary/aromatic N) is 2. The average Bonchev–Trinajstić information content (AvgIpc) is 3.01. The van der Waals surface area contributed by atoms with Gasteiger partial charge in [-0.3, -0.25) is 0 Å². The molecule has 0 unspecified atom stereocenters. The van der Waals surface area contributed by atoms with E-state index in [9.17, 15) is 34.8 Å². The van der Waals surface area contributed by atoms with E-state index in [-0.39, 0.29) is 11.3 Å². The third-order valence-corrected chi connectivity index (χ3v) is 5.20. The van der Waals surface area contributed by atoms with Gasteiger partial charge in [0.1, 0.15) is 22.3 Å². The van der Waals surface area contributed by atoms with Crippen molar-refractivity contribution in [2.75, 3.05) is 6.26 Å². The Morgan fingerprint density at radius 3 is 2.00 bits per heavy atom. The van der Waals surface area contributed by atoms with Crippen LogP contribution in [0.2, 0.25) is 0 Å². The molecule has 1 aromatic heterocycles. The minimum absolute atomic E-state index is 0.119. The largest absolute Gasteiger partial charge is 0.435 e. The molecule has 0 aliphatic heterocycles. The van der Waals surface area contributed by atoms with Crippen molar-refractivity contribution < 1.29 is 34.8 Å². The summed E-state index contributed by atoms with van der Waals surface area (Å²) in [6, 6.07) is 5.20. The number of alkyl halides is 3. The molecular formula is C18H12F6N2O2S. The number of sulfone groups is 1. The van der Waals surface area contributed by atoms with Crippen molar-refractivity contribution in [3.63, 3.8) is 0 Å². The maximum absolute atomic E-state index is 14.3.